The van der Waals surface area contributed by atoms with Crippen LogP contribution in [0.1, 0.15) is 24.0 Å². The molecule has 1 fully saturated rings. The van der Waals surface area contributed by atoms with E-state index in [0.29, 0.717) is 12.4 Å². The van der Waals surface area contributed by atoms with E-state index in [2.05, 4.69) is 39.2 Å². The fraction of sp³-hybridized carbons (Fsp3) is 0.333. The highest BCUT2D eigenvalue weighted by Crippen LogP contribution is 2.29. The lowest BCUT2D eigenvalue weighted by atomic mass is 10.1. The molecule has 6 heteroatoms. The van der Waals surface area contributed by atoms with Gasteiger partial charge in [0.25, 0.3) is 0 Å². The minimum atomic E-state index is 0.246. The van der Waals surface area contributed by atoms with Crippen LogP contribution in [-0.2, 0) is 0 Å². The summed E-state index contributed by atoms with van der Waals surface area (Å²) in [6, 6.07) is 16.2. The molecule has 1 aliphatic rings. The second-order valence-corrected chi connectivity index (χ2v) is 7.82. The Balaban J connectivity index is 1.47. The van der Waals surface area contributed by atoms with Crippen LogP contribution in [0.3, 0.4) is 0 Å². The maximum Gasteiger partial charge on any atom is 0.222 e. The van der Waals surface area contributed by atoms with Gasteiger partial charge in [-0.05, 0) is 76.2 Å². The third-order valence-electron chi connectivity index (χ3n) is 5.48. The number of benzene rings is 2. The minimum Gasteiger partial charge on any atom is -0.492 e. The van der Waals surface area contributed by atoms with Crippen LogP contribution in [-0.4, -0.2) is 41.1 Å². The van der Waals surface area contributed by atoms with Crippen molar-refractivity contribution in [3.8, 4) is 17.0 Å². The zero-order chi connectivity index (χ0) is 20.9. The summed E-state index contributed by atoms with van der Waals surface area (Å²) in [4.78, 5) is 11.3. The number of nitrogens with two attached hydrogens (primary N) is 1. The molecule has 0 unspecified atom stereocenters. The summed E-state index contributed by atoms with van der Waals surface area (Å²) in [5, 5.41) is 3.36. The van der Waals surface area contributed by atoms with Crippen LogP contribution in [0.5, 0.6) is 5.75 Å². The first-order valence-electron chi connectivity index (χ1n) is 10.5. The molecule has 2 aromatic carbocycles. The molecule has 0 spiro atoms. The molecule has 1 aromatic heterocycles. The van der Waals surface area contributed by atoms with Crippen LogP contribution in [0.4, 0.5) is 17.5 Å². The van der Waals surface area contributed by atoms with Crippen molar-refractivity contribution in [2.45, 2.75) is 26.7 Å². The van der Waals surface area contributed by atoms with E-state index in [0.717, 1.165) is 34.8 Å². The molecule has 0 atom stereocenters. The van der Waals surface area contributed by atoms with Gasteiger partial charge in [-0.1, -0.05) is 17.7 Å². The van der Waals surface area contributed by atoms with Crippen molar-refractivity contribution in [1.82, 2.24) is 14.9 Å². The summed E-state index contributed by atoms with van der Waals surface area (Å²) in [7, 11) is 0. The van der Waals surface area contributed by atoms with Gasteiger partial charge in [-0.25, -0.2) is 4.98 Å². The Morgan fingerprint density at radius 2 is 1.67 bits per heavy atom. The largest absolute Gasteiger partial charge is 0.492 e. The fourth-order valence-corrected chi connectivity index (χ4v) is 3.72. The third kappa shape index (κ3) is 4.89. The second-order valence-electron chi connectivity index (χ2n) is 7.82. The molecule has 3 N–H and O–H groups in total. The number of rotatable bonds is 7. The van der Waals surface area contributed by atoms with E-state index >= 15 is 0 Å². The molecular weight excluding hydrogens is 374 g/mol. The van der Waals surface area contributed by atoms with E-state index in [1.165, 1.54) is 31.5 Å². The Kier molecular flexibility index (Phi) is 6.14. The number of aryl methyl sites for hydroxylation is 1. The van der Waals surface area contributed by atoms with Gasteiger partial charge in [-0.3, -0.25) is 4.90 Å². The molecule has 1 saturated heterocycles. The van der Waals surface area contributed by atoms with Crippen molar-refractivity contribution in [3.05, 3.63) is 59.7 Å². The number of ether oxygens (including phenoxy) is 1. The molecule has 156 valence electrons. The first-order valence-corrected chi connectivity index (χ1v) is 10.5. The number of nitrogens with one attached hydrogen (secondary N) is 1. The van der Waals surface area contributed by atoms with Gasteiger partial charge in [0.05, 0.1) is 5.69 Å². The molecule has 0 aliphatic carbocycles. The highest BCUT2D eigenvalue weighted by Gasteiger charge is 2.13. The summed E-state index contributed by atoms with van der Waals surface area (Å²) >= 11 is 0. The predicted octanol–water partition coefficient (Wildman–Crippen LogP) is 4.56. The third-order valence-corrected chi connectivity index (χ3v) is 5.48. The van der Waals surface area contributed by atoms with Gasteiger partial charge in [-0.15, -0.1) is 0 Å². The molecule has 30 heavy (non-hydrogen) atoms. The molecule has 3 aromatic rings. The van der Waals surface area contributed by atoms with Crippen molar-refractivity contribution >= 4 is 17.5 Å². The zero-order valence-corrected chi connectivity index (χ0v) is 17.7. The van der Waals surface area contributed by atoms with E-state index in [9.17, 15) is 0 Å². The quantitative estimate of drug-likeness (QED) is 0.602. The average molecular weight is 404 g/mol. The lowest BCUT2D eigenvalue weighted by Crippen LogP contribution is -2.25. The number of hydrogen-bond donors (Lipinski definition) is 2. The molecule has 2 heterocycles. The predicted molar refractivity (Wildman–Crippen MR) is 122 cm³/mol. The van der Waals surface area contributed by atoms with E-state index in [-0.39, 0.29) is 5.95 Å². The molecule has 0 bridgehead atoms. The maximum absolute atomic E-state index is 6.01. The van der Waals surface area contributed by atoms with Gasteiger partial charge in [-0.2, -0.15) is 4.98 Å². The first-order chi connectivity index (χ1) is 14.6. The van der Waals surface area contributed by atoms with E-state index in [1.54, 1.807) is 0 Å². The summed E-state index contributed by atoms with van der Waals surface area (Å²) in [5.41, 5.74) is 10.9. The smallest absolute Gasteiger partial charge is 0.222 e. The van der Waals surface area contributed by atoms with Crippen molar-refractivity contribution in [1.29, 1.82) is 0 Å². The maximum atomic E-state index is 6.01. The zero-order valence-electron chi connectivity index (χ0n) is 17.7. The molecule has 4 rings (SSSR count). The SMILES string of the molecule is Cc1ccc(Nc2nc(N)nc(-c3ccc(OCCN4CCCC4)cc3)c2C)cc1. The lowest BCUT2D eigenvalue weighted by molar-refractivity contribution is 0.238. The van der Waals surface area contributed by atoms with Crippen molar-refractivity contribution in [2.75, 3.05) is 37.3 Å². The normalized spacial score (nSPS) is 14.1. The van der Waals surface area contributed by atoms with Gasteiger partial charge < -0.3 is 15.8 Å². The molecule has 1 aliphatic heterocycles. The lowest BCUT2D eigenvalue weighted by Gasteiger charge is -2.15. The Labute approximate surface area is 178 Å². The first kappa shape index (κ1) is 20.2. The van der Waals surface area contributed by atoms with Crippen LogP contribution < -0.4 is 15.8 Å². The molecule has 0 radical (unpaired) electrons. The fourth-order valence-electron chi connectivity index (χ4n) is 3.72. The van der Waals surface area contributed by atoms with Gasteiger partial charge in [0.1, 0.15) is 18.2 Å². The van der Waals surface area contributed by atoms with Crippen molar-refractivity contribution in [2.24, 2.45) is 0 Å². The Morgan fingerprint density at radius 3 is 2.37 bits per heavy atom. The summed E-state index contributed by atoms with van der Waals surface area (Å²) < 4.78 is 5.91. The van der Waals surface area contributed by atoms with Crippen LogP contribution in [0.25, 0.3) is 11.3 Å². The highest BCUT2D eigenvalue weighted by atomic mass is 16.5. The Morgan fingerprint density at radius 1 is 0.967 bits per heavy atom. The summed E-state index contributed by atoms with van der Waals surface area (Å²) in [5.74, 6) is 1.83. The monoisotopic (exact) mass is 403 g/mol. The number of nitrogen functional groups attached to an aromatic ring is 1. The summed E-state index contributed by atoms with van der Waals surface area (Å²) in [6.45, 7) is 8.15. The number of aromatic nitrogens is 2. The second kappa shape index (κ2) is 9.13. The van der Waals surface area contributed by atoms with Gasteiger partial charge in [0.15, 0.2) is 0 Å². The number of anilines is 3. The molecule has 0 saturated carbocycles. The van der Waals surface area contributed by atoms with Crippen LogP contribution in [0.2, 0.25) is 0 Å². The van der Waals surface area contributed by atoms with Crippen LogP contribution in [0.15, 0.2) is 48.5 Å². The highest BCUT2D eigenvalue weighted by molar-refractivity contribution is 5.72. The van der Waals surface area contributed by atoms with Gasteiger partial charge in [0, 0.05) is 23.4 Å². The number of likely N-dealkylation sites (tertiary alicyclic amines) is 1. The van der Waals surface area contributed by atoms with E-state index < -0.39 is 0 Å². The Bertz CT molecular complexity index is 980. The number of hydrogen-bond acceptors (Lipinski definition) is 6. The molecular formula is C24H29N5O. The molecule has 0 amide bonds. The van der Waals surface area contributed by atoms with Crippen molar-refractivity contribution < 1.29 is 4.74 Å². The van der Waals surface area contributed by atoms with E-state index in [4.69, 9.17) is 10.5 Å². The summed E-state index contributed by atoms with van der Waals surface area (Å²) in [6.07, 6.45) is 2.60. The van der Waals surface area contributed by atoms with Crippen molar-refractivity contribution in [3.63, 3.8) is 0 Å². The van der Waals surface area contributed by atoms with Crippen LogP contribution in [0, 0.1) is 13.8 Å². The topological polar surface area (TPSA) is 76.3 Å². The number of nitrogens with zero attached hydrogens (tertiary/aromatic N) is 3. The molecule has 6 nitrogen and oxygen atoms in total. The minimum absolute atomic E-state index is 0.246. The van der Waals surface area contributed by atoms with Crippen LogP contribution >= 0.6 is 0 Å². The average Bonchev–Trinajstić information content (AvgIpc) is 3.26. The van der Waals surface area contributed by atoms with E-state index in [1.807, 2.05) is 43.3 Å². The standard InChI is InChI=1S/C24H29N5O/c1-17-5-9-20(10-6-17)26-23-18(2)22(27-24(25)28-23)19-7-11-21(12-8-19)30-16-15-29-13-3-4-14-29/h5-12H,3-4,13-16H2,1-2H3,(H3,25,26,27,28). The Hall–Kier alpha value is -3.12. The van der Waals surface area contributed by atoms with Gasteiger partial charge >= 0.3 is 0 Å². The van der Waals surface area contributed by atoms with Gasteiger partial charge in [0.2, 0.25) is 5.95 Å².